The van der Waals surface area contributed by atoms with E-state index in [1.54, 1.807) is 36.5 Å². The summed E-state index contributed by atoms with van der Waals surface area (Å²) in [6.07, 6.45) is 1.91. The molecule has 1 heterocycles. The van der Waals surface area contributed by atoms with Gasteiger partial charge in [0.25, 0.3) is 0 Å². The summed E-state index contributed by atoms with van der Waals surface area (Å²) in [5.41, 5.74) is 1.88. The van der Waals surface area contributed by atoms with Gasteiger partial charge in [-0.05, 0) is 36.2 Å². The van der Waals surface area contributed by atoms with Gasteiger partial charge in [-0.1, -0.05) is 30.3 Å². The number of carboxylic acids is 1. The predicted molar refractivity (Wildman–Crippen MR) is 107 cm³/mol. The smallest absolute Gasteiger partial charge is 0.487 e. The van der Waals surface area contributed by atoms with Crippen molar-refractivity contribution < 1.29 is 33.5 Å². The molecule has 2 aromatic carbocycles. The third kappa shape index (κ3) is 6.38. The molecule has 0 saturated carbocycles. The minimum absolute atomic E-state index is 0.00144. The number of aliphatic carboxylic acids is 1. The second-order valence-corrected chi connectivity index (χ2v) is 7.44. The topological polar surface area (TPSA) is 139 Å². The van der Waals surface area contributed by atoms with Crippen LogP contribution in [0.3, 0.4) is 0 Å². The lowest BCUT2D eigenvalue weighted by atomic mass is 10.1. The molecule has 1 aromatic heterocycles. The lowest BCUT2D eigenvalue weighted by molar-refractivity contribution is -0.136. The van der Waals surface area contributed by atoms with Gasteiger partial charge in [-0.3, -0.25) is 14.6 Å². The fraction of sp³-hybridized carbons (Fsp3) is 0.150. The Hall–Kier alpha value is -3.26. The zero-order valence-corrected chi connectivity index (χ0v) is 16.6. The van der Waals surface area contributed by atoms with Crippen molar-refractivity contribution in [2.45, 2.75) is 19.4 Å². The predicted octanol–water partition coefficient (Wildman–Crippen LogP) is 3.21. The zero-order valence-electron chi connectivity index (χ0n) is 15.7. The summed E-state index contributed by atoms with van der Waals surface area (Å²) in [5.74, 6) is 0.0380. The van der Waals surface area contributed by atoms with Gasteiger partial charge in [0.15, 0.2) is 5.82 Å². The molecule has 0 unspecified atom stereocenters. The van der Waals surface area contributed by atoms with Gasteiger partial charge in [-0.25, -0.2) is 14.5 Å². The fourth-order valence-corrected chi connectivity index (χ4v) is 3.08. The number of carbonyl (C=O) groups is 1. The first kappa shape index (κ1) is 21.4. The van der Waals surface area contributed by atoms with Crippen LogP contribution in [0, 0.1) is 0 Å². The quantitative estimate of drug-likeness (QED) is 0.437. The van der Waals surface area contributed by atoms with Crippen LogP contribution in [0.15, 0.2) is 60.8 Å². The number of nitrogens with zero attached hydrogens (tertiary/aromatic N) is 2. The van der Waals surface area contributed by atoms with Crippen LogP contribution in [-0.4, -0.2) is 30.8 Å². The molecule has 0 saturated heterocycles. The van der Waals surface area contributed by atoms with Crippen LogP contribution < -0.4 is 9.26 Å². The number of aromatic nitrogens is 2. The van der Waals surface area contributed by atoms with E-state index in [4.69, 9.17) is 19.6 Å². The number of phosphoric acid groups is 1. The Balaban J connectivity index is 1.74. The lowest BCUT2D eigenvalue weighted by Gasteiger charge is -2.11. The Kier molecular flexibility index (Phi) is 6.79. The van der Waals surface area contributed by atoms with Crippen molar-refractivity contribution in [3.05, 3.63) is 72.1 Å². The Morgan fingerprint density at radius 2 is 1.87 bits per heavy atom. The normalized spacial score (nSPS) is 11.1. The van der Waals surface area contributed by atoms with E-state index in [1.165, 1.54) is 12.1 Å². The molecular formula is C20H19N2O7P. The first-order valence-electron chi connectivity index (χ1n) is 8.90. The van der Waals surface area contributed by atoms with E-state index < -0.39 is 13.8 Å². The molecule has 0 aliphatic rings. The second kappa shape index (κ2) is 9.49. The summed E-state index contributed by atoms with van der Waals surface area (Å²) in [6, 6.07) is 15.0. The third-order valence-electron chi connectivity index (χ3n) is 3.99. The molecule has 3 rings (SSSR count). The van der Waals surface area contributed by atoms with Gasteiger partial charge in [-0.2, -0.15) is 0 Å². The highest BCUT2D eigenvalue weighted by Gasteiger charge is 2.16. The number of ether oxygens (including phenoxy) is 1. The molecule has 0 bridgehead atoms. The molecule has 0 aliphatic carbocycles. The number of phosphoric ester groups is 1. The van der Waals surface area contributed by atoms with E-state index in [1.807, 2.05) is 12.1 Å². The summed E-state index contributed by atoms with van der Waals surface area (Å²) in [4.78, 5) is 37.3. The number of hydrogen-bond donors (Lipinski definition) is 3. The first-order chi connectivity index (χ1) is 14.3. The summed E-state index contributed by atoms with van der Waals surface area (Å²) < 4.78 is 21.4. The summed E-state index contributed by atoms with van der Waals surface area (Å²) in [6.45, 7) is 0.137. The van der Waals surface area contributed by atoms with Crippen LogP contribution in [0.2, 0.25) is 0 Å². The molecule has 0 amide bonds. The van der Waals surface area contributed by atoms with Crippen LogP contribution in [0.25, 0.3) is 11.4 Å². The van der Waals surface area contributed by atoms with Gasteiger partial charge in [0.2, 0.25) is 0 Å². The Morgan fingerprint density at radius 1 is 1.07 bits per heavy atom. The average Bonchev–Trinajstić information content (AvgIpc) is 2.70. The largest absolute Gasteiger partial charge is 0.524 e. The Labute approximate surface area is 172 Å². The molecule has 9 nitrogen and oxygen atoms in total. The van der Waals surface area contributed by atoms with E-state index in [2.05, 4.69) is 14.5 Å². The number of hydrogen-bond acceptors (Lipinski definition) is 6. The van der Waals surface area contributed by atoms with Gasteiger partial charge < -0.3 is 14.4 Å². The van der Waals surface area contributed by atoms with Gasteiger partial charge in [-0.15, -0.1) is 0 Å². The highest BCUT2D eigenvalue weighted by molar-refractivity contribution is 7.46. The van der Waals surface area contributed by atoms with Crippen molar-refractivity contribution in [1.29, 1.82) is 0 Å². The minimum atomic E-state index is -4.67. The lowest BCUT2D eigenvalue weighted by Crippen LogP contribution is -2.04. The van der Waals surface area contributed by atoms with E-state index >= 15 is 0 Å². The maximum absolute atomic E-state index is 11.0. The van der Waals surface area contributed by atoms with E-state index in [9.17, 15) is 9.36 Å². The van der Waals surface area contributed by atoms with Gasteiger partial charge >= 0.3 is 13.8 Å². The van der Waals surface area contributed by atoms with Crippen LogP contribution in [-0.2, 0) is 22.4 Å². The Morgan fingerprint density at radius 3 is 2.63 bits per heavy atom. The van der Waals surface area contributed by atoms with Crippen LogP contribution in [0.1, 0.15) is 17.7 Å². The molecular weight excluding hydrogens is 411 g/mol. The standard InChI is InChI=1S/C20H19N2O7P/c23-19(24)9-8-14-4-1-2-7-18(14)28-13-16-10-11-21-20(22-16)15-5-3-6-17(12-15)29-30(25,26)27/h1-7,10-12H,8-9,13H2,(H,23,24)(H2,25,26,27). The number of rotatable bonds is 9. The summed E-state index contributed by atoms with van der Waals surface area (Å²) in [7, 11) is -4.67. The molecule has 0 aliphatic heterocycles. The number of carboxylic acid groups (broad SMARTS) is 1. The van der Waals surface area contributed by atoms with Crippen LogP contribution in [0.5, 0.6) is 11.5 Å². The molecule has 156 valence electrons. The number of benzene rings is 2. The zero-order chi connectivity index (χ0) is 21.6. The molecule has 0 spiro atoms. The number of aryl methyl sites for hydroxylation is 1. The maximum atomic E-state index is 11.0. The first-order valence-corrected chi connectivity index (χ1v) is 10.4. The molecule has 3 N–H and O–H groups in total. The van der Waals surface area contributed by atoms with Crippen molar-refractivity contribution in [2.75, 3.05) is 0 Å². The van der Waals surface area contributed by atoms with E-state index in [0.29, 0.717) is 29.3 Å². The van der Waals surface area contributed by atoms with E-state index in [0.717, 1.165) is 5.56 Å². The van der Waals surface area contributed by atoms with Crippen molar-refractivity contribution in [1.82, 2.24) is 9.97 Å². The highest BCUT2D eigenvalue weighted by Crippen LogP contribution is 2.38. The van der Waals surface area contributed by atoms with Crippen molar-refractivity contribution in [3.63, 3.8) is 0 Å². The Bertz CT molecular complexity index is 1080. The van der Waals surface area contributed by atoms with Crippen molar-refractivity contribution in [3.8, 4) is 22.9 Å². The summed E-state index contributed by atoms with van der Waals surface area (Å²) in [5, 5.41) is 8.88. The average molecular weight is 430 g/mol. The molecule has 0 fully saturated rings. The maximum Gasteiger partial charge on any atom is 0.524 e. The van der Waals surface area contributed by atoms with Crippen molar-refractivity contribution in [2.24, 2.45) is 0 Å². The molecule has 3 aromatic rings. The molecule has 10 heteroatoms. The third-order valence-corrected chi connectivity index (χ3v) is 4.43. The van der Waals surface area contributed by atoms with Gasteiger partial charge in [0.1, 0.15) is 18.1 Å². The van der Waals surface area contributed by atoms with Gasteiger partial charge in [0.05, 0.1) is 5.69 Å². The monoisotopic (exact) mass is 430 g/mol. The molecule has 0 atom stereocenters. The van der Waals surface area contributed by atoms with Crippen LogP contribution >= 0.6 is 7.82 Å². The minimum Gasteiger partial charge on any atom is -0.487 e. The fourth-order valence-electron chi connectivity index (χ4n) is 2.69. The number of para-hydroxylation sites is 1. The highest BCUT2D eigenvalue weighted by atomic mass is 31.2. The van der Waals surface area contributed by atoms with E-state index in [-0.39, 0.29) is 18.8 Å². The molecule has 0 radical (unpaired) electrons. The summed E-state index contributed by atoms with van der Waals surface area (Å²) >= 11 is 0. The van der Waals surface area contributed by atoms with Crippen molar-refractivity contribution >= 4 is 13.8 Å². The molecule has 30 heavy (non-hydrogen) atoms. The van der Waals surface area contributed by atoms with Gasteiger partial charge in [0, 0.05) is 18.2 Å². The SMILES string of the molecule is O=C(O)CCc1ccccc1OCc1ccnc(-c2cccc(OP(=O)(O)O)c2)n1. The van der Waals surface area contributed by atoms with Crippen LogP contribution in [0.4, 0.5) is 0 Å². The second-order valence-electron chi connectivity index (χ2n) is 6.27.